The van der Waals surface area contributed by atoms with Crippen LogP contribution in [0.3, 0.4) is 0 Å². The number of piperidine rings is 1. The molecule has 2 bridgehead atoms. The highest BCUT2D eigenvalue weighted by molar-refractivity contribution is 5.33. The molecule has 64 heavy (non-hydrogen) atoms. The van der Waals surface area contributed by atoms with Crippen molar-refractivity contribution in [2.45, 2.75) is 96.5 Å². The zero-order valence-electron chi connectivity index (χ0n) is 36.1. The number of H-pyrrole nitrogens is 1. The van der Waals surface area contributed by atoms with Gasteiger partial charge in [0.05, 0.1) is 55.6 Å². The average molecular weight is 873 g/mol. The summed E-state index contributed by atoms with van der Waals surface area (Å²) in [5, 5.41) is 25.7. The molecule has 0 radical (unpaired) electrons. The van der Waals surface area contributed by atoms with E-state index in [2.05, 4.69) is 25.3 Å². The summed E-state index contributed by atoms with van der Waals surface area (Å²) in [4.78, 5) is 38.7. The zero-order chi connectivity index (χ0) is 44.7. The van der Waals surface area contributed by atoms with Crippen LogP contribution in [-0.2, 0) is 29.2 Å². The molecule has 0 aliphatic carbocycles. The third-order valence-corrected chi connectivity index (χ3v) is 11.7. The number of epoxide rings is 1. The minimum atomic E-state index is -0.699. The maximum Gasteiger partial charge on any atom is 0.350 e. The first-order valence-corrected chi connectivity index (χ1v) is 21.6. The summed E-state index contributed by atoms with van der Waals surface area (Å²) >= 11 is 0. The number of hydrogen-bond acceptors (Lipinski definition) is 10. The smallest absolute Gasteiger partial charge is 0.350 e. The highest BCUT2D eigenvalue weighted by atomic mass is 19.1. The van der Waals surface area contributed by atoms with E-state index >= 15 is 0 Å². The Hall–Kier alpha value is -6.53. The molecule has 4 atom stereocenters. The van der Waals surface area contributed by atoms with Crippen molar-refractivity contribution in [1.29, 1.82) is 0 Å². The number of rotatable bonds is 12. The second kappa shape index (κ2) is 19.9. The van der Waals surface area contributed by atoms with Gasteiger partial charge in [0.1, 0.15) is 29.4 Å². The fourth-order valence-electron chi connectivity index (χ4n) is 8.62. The fourth-order valence-corrected chi connectivity index (χ4v) is 8.62. The standard InChI is InChI=1S/C26H31FN4O3.C12H13N3O2.C9H9N3O/c1-18-28-30(26(33)31(18)20-8-3-2-4-9-20)16-23(32)15-29-21-11-12-22(29)14-24(13-21)34-17-19-7-5-6-10-25(19)27;1-9-13-14(7-11-8-17-11)12(16)15(9)10-5-3-2-4-6-10;1-7-10-11-9(13)12(7)8-5-3-2-4-6-8/h2-10,21-24,32H,11-17H2,1H3;2-6,11H,7-8H2,1H3;2-6H,1H3,(H,11,13). The molecule has 0 spiro atoms. The second-order valence-corrected chi connectivity index (χ2v) is 16.3. The van der Waals surface area contributed by atoms with E-state index in [1.54, 1.807) is 35.1 Å². The Labute approximate surface area is 368 Å². The van der Waals surface area contributed by atoms with Gasteiger partial charge in [0.25, 0.3) is 0 Å². The van der Waals surface area contributed by atoms with Crippen molar-refractivity contribution < 1.29 is 19.0 Å². The minimum absolute atomic E-state index is 0.0948. The lowest BCUT2D eigenvalue weighted by molar-refractivity contribution is -0.0408. The molecule has 3 aliphatic rings. The van der Waals surface area contributed by atoms with Crippen molar-refractivity contribution in [1.82, 2.24) is 48.4 Å². The number of aryl methyl sites for hydroxylation is 3. The molecule has 17 heteroatoms. The van der Waals surface area contributed by atoms with E-state index in [1.807, 2.05) is 104 Å². The first kappa shape index (κ1) is 44.1. The lowest BCUT2D eigenvalue weighted by atomic mass is 9.99. The molecule has 3 aliphatic heterocycles. The number of nitrogens with zero attached hydrogens (tertiary/aromatic N) is 9. The number of aromatic nitrogens is 9. The van der Waals surface area contributed by atoms with Gasteiger partial charge >= 0.3 is 17.1 Å². The Morgan fingerprint density at radius 3 is 1.72 bits per heavy atom. The molecule has 16 nitrogen and oxygen atoms in total. The molecule has 3 saturated heterocycles. The van der Waals surface area contributed by atoms with Gasteiger partial charge in [0, 0.05) is 24.2 Å². The molecule has 4 unspecified atom stereocenters. The molecular formula is C47H53FN10O6. The normalized spacial score (nSPS) is 19.3. The number of hydrogen-bond donors (Lipinski definition) is 2. The number of nitrogens with one attached hydrogen (secondary N) is 1. The molecule has 3 fully saturated rings. The predicted octanol–water partition coefficient (Wildman–Crippen LogP) is 4.66. The van der Waals surface area contributed by atoms with Crippen molar-refractivity contribution in [3.8, 4) is 17.1 Å². The van der Waals surface area contributed by atoms with Gasteiger partial charge < -0.3 is 14.6 Å². The predicted molar refractivity (Wildman–Crippen MR) is 238 cm³/mol. The monoisotopic (exact) mass is 872 g/mol. The number of para-hydroxylation sites is 3. The summed E-state index contributed by atoms with van der Waals surface area (Å²) in [5.41, 5.74) is 2.47. The Kier molecular flexibility index (Phi) is 13.7. The van der Waals surface area contributed by atoms with Crippen molar-refractivity contribution in [3.63, 3.8) is 0 Å². The molecule has 4 aromatic carbocycles. The van der Waals surface area contributed by atoms with Crippen LogP contribution in [0, 0.1) is 26.6 Å². The molecule has 0 saturated carbocycles. The van der Waals surface area contributed by atoms with Crippen LogP contribution in [0.25, 0.3) is 17.1 Å². The third-order valence-electron chi connectivity index (χ3n) is 11.7. The fraction of sp³-hybridized carbons (Fsp3) is 0.362. The summed E-state index contributed by atoms with van der Waals surface area (Å²) < 4.78 is 32.6. The van der Waals surface area contributed by atoms with E-state index in [9.17, 15) is 23.9 Å². The average Bonchev–Trinajstić information content (AvgIpc) is 3.84. The van der Waals surface area contributed by atoms with Crippen molar-refractivity contribution in [2.24, 2.45) is 0 Å². The van der Waals surface area contributed by atoms with E-state index in [-0.39, 0.29) is 48.2 Å². The van der Waals surface area contributed by atoms with Crippen LogP contribution < -0.4 is 17.1 Å². The Morgan fingerprint density at radius 1 is 0.703 bits per heavy atom. The first-order valence-electron chi connectivity index (χ1n) is 21.6. The quantitative estimate of drug-likeness (QED) is 0.164. The molecule has 6 heterocycles. The SMILES string of the molecule is Cc1n[nH]c(=O)n1-c1ccccc1.Cc1nn(CC(O)CN2C3CCC2CC(OCc2ccccc2F)C3)c(=O)n1-c1ccccc1.Cc1nn(CC2CO2)c(=O)n1-c1ccccc1. The molecule has 334 valence electrons. The maximum absolute atomic E-state index is 13.9. The molecule has 2 N–H and O–H groups in total. The van der Waals surface area contributed by atoms with E-state index < -0.39 is 6.10 Å². The summed E-state index contributed by atoms with van der Waals surface area (Å²) in [6, 6.07) is 35.7. The van der Waals surface area contributed by atoms with Crippen LogP contribution in [0.4, 0.5) is 4.39 Å². The van der Waals surface area contributed by atoms with Crippen LogP contribution >= 0.6 is 0 Å². The van der Waals surface area contributed by atoms with Crippen molar-refractivity contribution in [2.75, 3.05) is 13.2 Å². The number of aliphatic hydroxyl groups is 1. The zero-order valence-corrected chi connectivity index (χ0v) is 36.1. The van der Waals surface area contributed by atoms with Crippen molar-refractivity contribution in [3.05, 3.63) is 176 Å². The summed E-state index contributed by atoms with van der Waals surface area (Å²) in [7, 11) is 0. The van der Waals surface area contributed by atoms with Gasteiger partial charge in [-0.25, -0.2) is 46.9 Å². The first-order chi connectivity index (χ1) is 31.0. The van der Waals surface area contributed by atoms with Gasteiger partial charge in [-0.1, -0.05) is 72.8 Å². The van der Waals surface area contributed by atoms with Gasteiger partial charge in [-0.2, -0.15) is 15.3 Å². The lowest BCUT2D eigenvalue weighted by Gasteiger charge is -2.39. The van der Waals surface area contributed by atoms with E-state index in [0.717, 1.165) is 49.4 Å². The number of ether oxygens (including phenoxy) is 2. The number of aromatic amines is 1. The number of halogens is 1. The maximum atomic E-state index is 13.9. The third kappa shape index (κ3) is 10.3. The van der Waals surface area contributed by atoms with Crippen LogP contribution in [0.15, 0.2) is 130 Å². The number of fused-ring (bicyclic) bond motifs is 2. The Balaban J connectivity index is 0.000000153. The Morgan fingerprint density at radius 2 is 1.20 bits per heavy atom. The highest BCUT2D eigenvalue weighted by Gasteiger charge is 2.41. The minimum Gasteiger partial charge on any atom is -0.390 e. The van der Waals surface area contributed by atoms with Crippen molar-refractivity contribution >= 4 is 0 Å². The van der Waals surface area contributed by atoms with Gasteiger partial charge in [0.15, 0.2) is 0 Å². The summed E-state index contributed by atoms with van der Waals surface area (Å²) in [5.74, 6) is 1.72. The van der Waals surface area contributed by atoms with Gasteiger partial charge in [0.2, 0.25) is 0 Å². The van der Waals surface area contributed by atoms with Crippen LogP contribution in [0.5, 0.6) is 0 Å². The topological polar surface area (TPSA) is 176 Å². The van der Waals surface area contributed by atoms with E-state index in [0.29, 0.717) is 48.2 Å². The van der Waals surface area contributed by atoms with Gasteiger partial charge in [-0.15, -0.1) is 0 Å². The van der Waals surface area contributed by atoms with Gasteiger partial charge in [-0.3, -0.25) is 4.90 Å². The highest BCUT2D eigenvalue weighted by Crippen LogP contribution is 2.37. The second-order valence-electron chi connectivity index (χ2n) is 16.3. The molecule has 3 aromatic heterocycles. The van der Waals surface area contributed by atoms with Crippen LogP contribution in [0.2, 0.25) is 0 Å². The number of benzene rings is 4. The molecule has 10 rings (SSSR count). The van der Waals surface area contributed by atoms with Gasteiger partial charge in [-0.05, 0) is 88.9 Å². The van der Waals surface area contributed by atoms with Crippen LogP contribution in [-0.4, -0.2) is 97.0 Å². The van der Waals surface area contributed by atoms with E-state index in [4.69, 9.17) is 9.47 Å². The summed E-state index contributed by atoms with van der Waals surface area (Å²) in [6.07, 6.45) is 3.44. The molecular weight excluding hydrogens is 820 g/mol. The number of aliphatic hydroxyl groups excluding tert-OH is 1. The Bertz CT molecular complexity index is 2780. The van der Waals surface area contributed by atoms with Crippen LogP contribution in [0.1, 0.15) is 48.7 Å². The summed E-state index contributed by atoms with van der Waals surface area (Å²) in [6.45, 7) is 7.61. The van der Waals surface area contributed by atoms with E-state index in [1.165, 1.54) is 20.0 Å². The molecule has 7 aromatic rings. The molecule has 0 amide bonds. The largest absolute Gasteiger partial charge is 0.390 e. The lowest BCUT2D eigenvalue weighted by Crippen LogP contribution is -2.49.